The lowest BCUT2D eigenvalue weighted by molar-refractivity contribution is 0.102. The lowest BCUT2D eigenvalue weighted by Gasteiger charge is -2.23. The Hall–Kier alpha value is -3.68. The molecule has 1 aromatic carbocycles. The van der Waals surface area contributed by atoms with Crippen molar-refractivity contribution in [1.82, 2.24) is 10.3 Å². The van der Waals surface area contributed by atoms with Crippen molar-refractivity contribution < 1.29 is 18.4 Å². The second-order valence-electron chi connectivity index (χ2n) is 7.56. The zero-order chi connectivity index (χ0) is 22.5. The lowest BCUT2D eigenvalue weighted by atomic mass is 9.97. The fourth-order valence-corrected chi connectivity index (χ4v) is 3.19. The van der Waals surface area contributed by atoms with Gasteiger partial charge in [-0.1, -0.05) is 19.9 Å². The summed E-state index contributed by atoms with van der Waals surface area (Å²) >= 11 is 0. The molecule has 3 N–H and O–H groups in total. The Morgan fingerprint density at radius 3 is 2.52 bits per heavy atom. The molecule has 1 atom stereocenters. The van der Waals surface area contributed by atoms with Crippen molar-refractivity contribution in [2.45, 2.75) is 33.7 Å². The fourth-order valence-electron chi connectivity index (χ4n) is 3.19. The number of aromatic nitrogens is 1. The van der Waals surface area contributed by atoms with Crippen molar-refractivity contribution in [3.8, 4) is 0 Å². The number of amides is 3. The van der Waals surface area contributed by atoms with Gasteiger partial charge in [-0.15, -0.1) is 0 Å². The molecule has 0 aliphatic carbocycles. The number of nitrogens with one attached hydrogen (secondary N) is 3. The summed E-state index contributed by atoms with van der Waals surface area (Å²) in [7, 11) is 0. The molecule has 0 aliphatic rings. The highest BCUT2D eigenvalue weighted by atomic mass is 19.1. The summed E-state index contributed by atoms with van der Waals surface area (Å²) in [5.41, 5.74) is 2.35. The summed E-state index contributed by atoms with van der Waals surface area (Å²) < 4.78 is 19.3. The number of pyridine rings is 1. The SMILES string of the molecule is Cc1cccnc1C(NC(=O)Nc1ccc(F)c(NC(=O)c2ccoc2C)c1)C(C)C. The largest absolute Gasteiger partial charge is 0.469 e. The number of hydrogen-bond acceptors (Lipinski definition) is 4. The third kappa shape index (κ3) is 5.28. The summed E-state index contributed by atoms with van der Waals surface area (Å²) in [5.74, 6) is -0.599. The molecule has 1 unspecified atom stereocenters. The Kier molecular flexibility index (Phi) is 6.69. The van der Waals surface area contributed by atoms with Gasteiger partial charge in [0.2, 0.25) is 0 Å². The first-order valence-electron chi connectivity index (χ1n) is 9.90. The van der Waals surface area contributed by atoms with Gasteiger partial charge in [-0.3, -0.25) is 9.78 Å². The van der Waals surface area contributed by atoms with Gasteiger partial charge in [-0.2, -0.15) is 0 Å². The van der Waals surface area contributed by atoms with Crippen LogP contribution in [0.5, 0.6) is 0 Å². The first kappa shape index (κ1) is 22.0. The first-order chi connectivity index (χ1) is 14.8. The summed E-state index contributed by atoms with van der Waals surface area (Å²) in [6.45, 7) is 7.56. The Balaban J connectivity index is 1.72. The molecule has 0 saturated heterocycles. The number of aryl methyl sites for hydroxylation is 2. The Bertz CT molecular complexity index is 1090. The predicted octanol–water partition coefficient (Wildman–Crippen LogP) is 5.20. The molecule has 31 heavy (non-hydrogen) atoms. The van der Waals surface area contributed by atoms with E-state index in [1.807, 2.05) is 32.9 Å². The van der Waals surface area contributed by atoms with Crippen molar-refractivity contribution in [3.05, 3.63) is 77.3 Å². The minimum Gasteiger partial charge on any atom is -0.469 e. The van der Waals surface area contributed by atoms with Crippen LogP contribution >= 0.6 is 0 Å². The van der Waals surface area contributed by atoms with E-state index in [9.17, 15) is 14.0 Å². The van der Waals surface area contributed by atoms with Crippen LogP contribution in [0.3, 0.4) is 0 Å². The van der Waals surface area contributed by atoms with Gasteiger partial charge in [0.1, 0.15) is 11.6 Å². The number of carbonyl (C=O) groups is 2. The summed E-state index contributed by atoms with van der Waals surface area (Å²) in [4.78, 5) is 29.4. The zero-order valence-corrected chi connectivity index (χ0v) is 17.8. The summed E-state index contributed by atoms with van der Waals surface area (Å²) in [6.07, 6.45) is 3.07. The van der Waals surface area contributed by atoms with Crippen molar-refractivity contribution in [1.29, 1.82) is 0 Å². The van der Waals surface area contributed by atoms with Gasteiger partial charge in [0.05, 0.1) is 29.2 Å². The minimum atomic E-state index is -0.621. The minimum absolute atomic E-state index is 0.0515. The number of hydrogen-bond donors (Lipinski definition) is 3. The highest BCUT2D eigenvalue weighted by molar-refractivity contribution is 6.05. The molecular formula is C23H25FN4O3. The average molecular weight is 424 g/mol. The summed E-state index contributed by atoms with van der Waals surface area (Å²) in [5, 5.41) is 8.11. The van der Waals surface area contributed by atoms with Crippen molar-refractivity contribution in [2.24, 2.45) is 5.92 Å². The Morgan fingerprint density at radius 2 is 1.87 bits per heavy atom. The van der Waals surface area contributed by atoms with E-state index in [1.54, 1.807) is 13.1 Å². The number of carbonyl (C=O) groups excluding carboxylic acids is 2. The summed E-state index contributed by atoms with van der Waals surface area (Å²) in [6, 6.07) is 8.48. The normalized spacial score (nSPS) is 11.8. The van der Waals surface area contributed by atoms with Crippen LogP contribution in [0.2, 0.25) is 0 Å². The molecule has 0 saturated carbocycles. The monoisotopic (exact) mass is 424 g/mol. The van der Waals surface area contributed by atoms with E-state index < -0.39 is 17.8 Å². The maximum absolute atomic E-state index is 14.2. The molecule has 0 fully saturated rings. The number of nitrogens with zero attached hydrogens (tertiary/aromatic N) is 1. The molecule has 0 radical (unpaired) electrons. The molecule has 7 nitrogen and oxygen atoms in total. The van der Waals surface area contributed by atoms with Crippen molar-refractivity contribution in [2.75, 3.05) is 10.6 Å². The fraction of sp³-hybridized carbons (Fsp3) is 0.261. The van der Waals surface area contributed by atoms with Crippen molar-refractivity contribution >= 4 is 23.3 Å². The van der Waals surface area contributed by atoms with Gasteiger partial charge in [-0.25, -0.2) is 9.18 Å². The molecule has 3 aromatic rings. The van der Waals surface area contributed by atoms with Crippen molar-refractivity contribution in [3.63, 3.8) is 0 Å². The van der Waals surface area contributed by atoms with Gasteiger partial charge in [0, 0.05) is 11.9 Å². The molecule has 0 spiro atoms. The lowest BCUT2D eigenvalue weighted by Crippen LogP contribution is -2.36. The van der Waals surface area contributed by atoms with E-state index in [4.69, 9.17) is 4.42 Å². The number of furan rings is 1. The van der Waals surface area contributed by atoms with Crippen LogP contribution < -0.4 is 16.0 Å². The third-order valence-corrected chi connectivity index (χ3v) is 4.87. The molecule has 3 amide bonds. The van der Waals surface area contributed by atoms with E-state index in [1.165, 1.54) is 30.5 Å². The Morgan fingerprint density at radius 1 is 1.10 bits per heavy atom. The zero-order valence-electron chi connectivity index (χ0n) is 17.8. The van der Waals surface area contributed by atoms with Crippen LogP contribution in [-0.4, -0.2) is 16.9 Å². The maximum Gasteiger partial charge on any atom is 0.319 e. The Labute approximate surface area is 180 Å². The van der Waals surface area contributed by atoms with Crippen LogP contribution in [-0.2, 0) is 0 Å². The molecule has 162 valence electrons. The van der Waals surface area contributed by atoms with E-state index in [-0.39, 0.29) is 17.6 Å². The topological polar surface area (TPSA) is 96.3 Å². The van der Waals surface area contributed by atoms with Crippen LogP contribution in [0.1, 0.15) is 47.3 Å². The molecule has 8 heteroatoms. The van der Waals surface area contributed by atoms with Crippen LogP contribution in [0, 0.1) is 25.6 Å². The number of halogens is 1. The second kappa shape index (κ2) is 9.42. The molecule has 0 aliphatic heterocycles. The smallest absolute Gasteiger partial charge is 0.319 e. The molecule has 3 rings (SSSR count). The quantitative estimate of drug-likeness (QED) is 0.507. The molecule has 0 bridgehead atoms. The number of anilines is 2. The van der Waals surface area contributed by atoms with Crippen LogP contribution in [0.25, 0.3) is 0 Å². The number of benzene rings is 1. The van der Waals surface area contributed by atoms with E-state index in [0.29, 0.717) is 17.0 Å². The van der Waals surface area contributed by atoms with Gasteiger partial charge >= 0.3 is 6.03 Å². The molecule has 2 heterocycles. The van der Waals surface area contributed by atoms with E-state index >= 15 is 0 Å². The second-order valence-corrected chi connectivity index (χ2v) is 7.56. The van der Waals surface area contributed by atoms with Gasteiger partial charge in [0.15, 0.2) is 0 Å². The van der Waals surface area contributed by atoms with E-state index in [0.717, 1.165) is 11.3 Å². The van der Waals surface area contributed by atoms with Gasteiger partial charge in [0.25, 0.3) is 5.91 Å². The third-order valence-electron chi connectivity index (χ3n) is 4.87. The highest BCUT2D eigenvalue weighted by Gasteiger charge is 2.21. The van der Waals surface area contributed by atoms with Crippen LogP contribution in [0.4, 0.5) is 20.6 Å². The number of rotatable bonds is 6. The predicted molar refractivity (Wildman–Crippen MR) is 117 cm³/mol. The molecular weight excluding hydrogens is 399 g/mol. The number of urea groups is 1. The first-order valence-corrected chi connectivity index (χ1v) is 9.90. The van der Waals surface area contributed by atoms with Crippen LogP contribution in [0.15, 0.2) is 53.3 Å². The average Bonchev–Trinajstić information content (AvgIpc) is 3.15. The standard InChI is InChI=1S/C23H25FN4O3/c1-13(2)20(21-14(3)6-5-10-25-21)28-23(30)26-16-7-8-18(24)19(12-16)27-22(29)17-9-11-31-15(17)4/h5-13,20H,1-4H3,(H,27,29)(H2,26,28,30). The maximum atomic E-state index is 14.2. The van der Waals surface area contributed by atoms with Gasteiger partial charge in [-0.05, 0) is 55.7 Å². The van der Waals surface area contributed by atoms with E-state index in [2.05, 4.69) is 20.9 Å². The highest BCUT2D eigenvalue weighted by Crippen LogP contribution is 2.24. The molecule has 2 aromatic heterocycles. The van der Waals surface area contributed by atoms with Gasteiger partial charge < -0.3 is 20.4 Å².